The van der Waals surface area contributed by atoms with Crippen molar-refractivity contribution in [3.63, 3.8) is 0 Å². The molecule has 2 aromatic heterocycles. The highest BCUT2D eigenvalue weighted by atomic mass is 32.2. The first kappa shape index (κ1) is 21.0. The molecule has 0 bridgehead atoms. The number of carbonyl (C=O) groups is 1. The number of carbonyl (C=O) groups excluding carboxylic acids is 1. The van der Waals surface area contributed by atoms with E-state index in [9.17, 15) is 9.59 Å². The van der Waals surface area contributed by atoms with Crippen LogP contribution in [0.2, 0.25) is 0 Å². The number of hydrogen-bond donors (Lipinski definition) is 0. The minimum absolute atomic E-state index is 0.0166. The summed E-state index contributed by atoms with van der Waals surface area (Å²) in [6.45, 7) is 0. The van der Waals surface area contributed by atoms with Gasteiger partial charge in [-0.05, 0) is 67.6 Å². The number of fused-ring (bicyclic) bond motifs is 3. The van der Waals surface area contributed by atoms with Gasteiger partial charge in [0, 0.05) is 10.4 Å². The zero-order chi connectivity index (χ0) is 22.1. The summed E-state index contributed by atoms with van der Waals surface area (Å²) in [4.78, 5) is 33.4. The molecule has 2 heterocycles. The monoisotopic (exact) mass is 462 g/mol. The van der Waals surface area contributed by atoms with E-state index in [0.717, 1.165) is 41.6 Å². The molecule has 0 fully saturated rings. The van der Waals surface area contributed by atoms with Crippen molar-refractivity contribution < 1.29 is 9.53 Å². The number of aryl methyl sites for hydroxylation is 2. The number of ether oxygens (including phenoxy) is 1. The molecule has 32 heavy (non-hydrogen) atoms. The molecule has 0 radical (unpaired) electrons. The Hall–Kier alpha value is -2.90. The molecule has 1 aliphatic carbocycles. The van der Waals surface area contributed by atoms with Gasteiger partial charge in [-0.3, -0.25) is 14.2 Å². The van der Waals surface area contributed by atoms with E-state index in [1.807, 2.05) is 30.3 Å². The highest BCUT2D eigenvalue weighted by molar-refractivity contribution is 7.99. The predicted molar refractivity (Wildman–Crippen MR) is 130 cm³/mol. The summed E-state index contributed by atoms with van der Waals surface area (Å²) >= 11 is 2.94. The summed E-state index contributed by atoms with van der Waals surface area (Å²) in [6.07, 6.45) is 4.21. The van der Waals surface area contributed by atoms with E-state index in [0.29, 0.717) is 16.5 Å². The molecule has 1 aliphatic rings. The minimum atomic E-state index is -0.0417. The Morgan fingerprint density at radius 2 is 1.84 bits per heavy atom. The average Bonchev–Trinajstić information content (AvgIpc) is 3.22. The summed E-state index contributed by atoms with van der Waals surface area (Å²) < 4.78 is 6.83. The molecule has 0 atom stereocenters. The Balaban J connectivity index is 1.55. The third kappa shape index (κ3) is 3.87. The Bertz CT molecular complexity index is 1340. The Morgan fingerprint density at radius 1 is 1.09 bits per heavy atom. The van der Waals surface area contributed by atoms with Crippen LogP contribution >= 0.6 is 23.1 Å². The number of Topliss-reactive ketones (excluding diaryl/α,β-unsaturated/α-hetero) is 1. The first-order valence-electron chi connectivity index (χ1n) is 10.6. The highest BCUT2D eigenvalue weighted by Crippen LogP contribution is 2.35. The normalized spacial score (nSPS) is 13.2. The summed E-state index contributed by atoms with van der Waals surface area (Å²) in [5.41, 5.74) is 2.51. The average molecular weight is 463 g/mol. The smallest absolute Gasteiger partial charge is 0.267 e. The van der Waals surface area contributed by atoms with Crippen molar-refractivity contribution in [1.29, 1.82) is 0 Å². The molecule has 5 rings (SSSR count). The van der Waals surface area contributed by atoms with E-state index >= 15 is 0 Å². The Labute approximate surface area is 194 Å². The van der Waals surface area contributed by atoms with Crippen LogP contribution in [-0.4, -0.2) is 28.2 Å². The number of para-hydroxylation sites is 1. The van der Waals surface area contributed by atoms with Gasteiger partial charge in [-0.1, -0.05) is 30.0 Å². The molecule has 0 saturated heterocycles. The van der Waals surface area contributed by atoms with Crippen molar-refractivity contribution in [3.8, 4) is 11.4 Å². The van der Waals surface area contributed by atoms with Crippen molar-refractivity contribution >= 4 is 39.1 Å². The lowest BCUT2D eigenvalue weighted by atomic mass is 9.97. The van der Waals surface area contributed by atoms with E-state index in [4.69, 9.17) is 9.72 Å². The van der Waals surface area contributed by atoms with E-state index in [1.165, 1.54) is 22.2 Å². The van der Waals surface area contributed by atoms with Crippen LogP contribution in [0.15, 0.2) is 64.5 Å². The lowest BCUT2D eigenvalue weighted by molar-refractivity contribution is 0.102. The van der Waals surface area contributed by atoms with Gasteiger partial charge in [0.05, 0.1) is 23.9 Å². The quantitative estimate of drug-likeness (QED) is 0.221. The molecule has 0 N–H and O–H groups in total. The fourth-order valence-electron chi connectivity index (χ4n) is 4.08. The largest absolute Gasteiger partial charge is 0.497 e. The molecule has 0 aliphatic heterocycles. The first-order chi connectivity index (χ1) is 15.7. The number of thioether (sulfide) groups is 1. The molecular formula is C25H22N2O3S2. The molecular weight excluding hydrogens is 440 g/mol. The number of methoxy groups -OCH3 is 1. The van der Waals surface area contributed by atoms with Crippen LogP contribution in [0.1, 0.15) is 33.6 Å². The van der Waals surface area contributed by atoms with E-state index < -0.39 is 0 Å². The van der Waals surface area contributed by atoms with Crippen molar-refractivity contribution in [2.45, 2.75) is 30.8 Å². The second kappa shape index (κ2) is 8.92. The lowest BCUT2D eigenvalue weighted by Gasteiger charge is -2.13. The summed E-state index contributed by atoms with van der Waals surface area (Å²) in [6, 6.07) is 16.6. The number of ketones is 1. The van der Waals surface area contributed by atoms with Gasteiger partial charge in [0.15, 0.2) is 10.9 Å². The fourth-order valence-corrected chi connectivity index (χ4v) is 6.29. The molecule has 0 unspecified atom stereocenters. The van der Waals surface area contributed by atoms with Gasteiger partial charge in [0.25, 0.3) is 5.56 Å². The number of rotatable bonds is 6. The second-order valence-corrected chi connectivity index (χ2v) is 9.73. The summed E-state index contributed by atoms with van der Waals surface area (Å²) in [5.74, 6) is 0.889. The molecule has 4 aromatic rings. The number of thiophene rings is 1. The van der Waals surface area contributed by atoms with Gasteiger partial charge in [-0.15, -0.1) is 11.3 Å². The number of nitrogens with zero attached hydrogens (tertiary/aromatic N) is 2. The predicted octanol–water partition coefficient (Wildman–Crippen LogP) is 5.31. The van der Waals surface area contributed by atoms with Crippen molar-refractivity contribution in [1.82, 2.24) is 9.55 Å². The van der Waals surface area contributed by atoms with E-state index in [2.05, 4.69) is 0 Å². The van der Waals surface area contributed by atoms with Crippen LogP contribution in [-0.2, 0) is 12.8 Å². The number of hydrogen-bond acceptors (Lipinski definition) is 6. The van der Waals surface area contributed by atoms with Crippen molar-refractivity contribution in [2.75, 3.05) is 12.9 Å². The maximum Gasteiger partial charge on any atom is 0.267 e. The van der Waals surface area contributed by atoms with Gasteiger partial charge in [-0.25, -0.2) is 4.98 Å². The molecule has 7 heteroatoms. The van der Waals surface area contributed by atoms with Crippen LogP contribution in [0.5, 0.6) is 5.75 Å². The Kier molecular flexibility index (Phi) is 5.85. The molecule has 162 valence electrons. The fraction of sp³-hybridized carbons (Fsp3) is 0.240. The highest BCUT2D eigenvalue weighted by Gasteiger charge is 2.23. The zero-order valence-corrected chi connectivity index (χ0v) is 19.3. The van der Waals surface area contributed by atoms with Crippen LogP contribution < -0.4 is 10.3 Å². The molecule has 2 aromatic carbocycles. The number of aromatic nitrogens is 2. The van der Waals surface area contributed by atoms with Crippen LogP contribution in [0.25, 0.3) is 15.9 Å². The topological polar surface area (TPSA) is 61.2 Å². The summed E-state index contributed by atoms with van der Waals surface area (Å²) in [7, 11) is 1.60. The molecule has 5 nitrogen and oxygen atoms in total. The first-order valence-corrected chi connectivity index (χ1v) is 12.4. The molecule has 0 amide bonds. The van der Waals surface area contributed by atoms with Gasteiger partial charge in [0.2, 0.25) is 0 Å². The lowest BCUT2D eigenvalue weighted by Crippen LogP contribution is -2.22. The van der Waals surface area contributed by atoms with Gasteiger partial charge in [0.1, 0.15) is 10.6 Å². The molecule has 0 spiro atoms. The zero-order valence-electron chi connectivity index (χ0n) is 17.7. The van der Waals surface area contributed by atoms with Gasteiger partial charge >= 0.3 is 0 Å². The maximum absolute atomic E-state index is 13.7. The van der Waals surface area contributed by atoms with Crippen LogP contribution in [0.3, 0.4) is 0 Å². The van der Waals surface area contributed by atoms with Crippen LogP contribution in [0, 0.1) is 0 Å². The third-order valence-corrected chi connectivity index (χ3v) is 7.84. The van der Waals surface area contributed by atoms with E-state index in [-0.39, 0.29) is 17.1 Å². The second-order valence-electron chi connectivity index (χ2n) is 7.70. The van der Waals surface area contributed by atoms with Gasteiger partial charge < -0.3 is 4.74 Å². The van der Waals surface area contributed by atoms with Crippen molar-refractivity contribution in [2.24, 2.45) is 0 Å². The Morgan fingerprint density at radius 3 is 2.59 bits per heavy atom. The van der Waals surface area contributed by atoms with Gasteiger partial charge in [-0.2, -0.15) is 0 Å². The van der Waals surface area contributed by atoms with Crippen molar-refractivity contribution in [3.05, 3.63) is 81.0 Å². The standard InChI is InChI=1S/C25H22N2O3S2/c1-30-18-13-11-16(12-14-18)20(28)15-31-25-26-23-22(19-9-5-6-10-21(19)32-23)24(29)27(25)17-7-3-2-4-8-17/h2-4,7-8,11-14H,5-6,9-10,15H2,1H3. The van der Waals surface area contributed by atoms with Crippen LogP contribution in [0.4, 0.5) is 0 Å². The van der Waals surface area contributed by atoms with E-state index in [1.54, 1.807) is 47.3 Å². The summed E-state index contributed by atoms with van der Waals surface area (Å²) in [5, 5.41) is 1.30. The third-order valence-electron chi connectivity index (χ3n) is 5.72. The SMILES string of the molecule is COc1ccc(C(=O)CSc2nc3sc4c(c3c(=O)n2-c2ccccc2)CCCC4)cc1. The minimum Gasteiger partial charge on any atom is -0.497 e. The maximum atomic E-state index is 13.7. The molecule has 0 saturated carbocycles. The number of benzene rings is 2.